The molecule has 0 atom stereocenters. The van der Waals surface area contributed by atoms with Crippen molar-refractivity contribution in [2.45, 2.75) is 82.4 Å². The van der Waals surface area contributed by atoms with Gasteiger partial charge >= 0.3 is 0 Å². The first-order valence-electron chi connectivity index (χ1n) is 6.87. The van der Waals surface area contributed by atoms with Gasteiger partial charge in [-0.15, -0.1) is 11.6 Å². The molecule has 0 spiro atoms. The topological polar surface area (TPSA) is 0 Å². The van der Waals surface area contributed by atoms with Crippen LogP contribution < -0.4 is 0 Å². The van der Waals surface area contributed by atoms with Crippen LogP contribution in [-0.4, -0.2) is 4.87 Å². The minimum atomic E-state index is 0.227. The van der Waals surface area contributed by atoms with Gasteiger partial charge in [0, 0.05) is 4.87 Å². The Balaban J connectivity index is 1.77. The van der Waals surface area contributed by atoms with Gasteiger partial charge in [-0.3, -0.25) is 0 Å². The zero-order chi connectivity index (χ0) is 10.8. The number of unbranched alkanes of at least 4 members (excludes halogenated alkanes) is 3. The molecule has 0 unspecified atom stereocenters. The zero-order valence-electron chi connectivity index (χ0n) is 10.2. The van der Waals surface area contributed by atoms with Crippen LogP contribution in [0.1, 0.15) is 77.6 Å². The Hall–Kier alpha value is 0.290. The lowest BCUT2D eigenvalue weighted by atomic mass is 9.58. The van der Waals surface area contributed by atoms with Crippen molar-refractivity contribution in [1.82, 2.24) is 0 Å². The van der Waals surface area contributed by atoms with Gasteiger partial charge in [0.2, 0.25) is 0 Å². The van der Waals surface area contributed by atoms with Crippen LogP contribution in [0, 0.1) is 5.41 Å². The highest BCUT2D eigenvalue weighted by atomic mass is 35.5. The molecule has 0 aromatic heterocycles. The molecule has 3 fully saturated rings. The molecule has 15 heavy (non-hydrogen) atoms. The predicted octanol–water partition coefficient (Wildman–Crippen LogP) is 5.29. The lowest BCUT2D eigenvalue weighted by Crippen LogP contribution is -2.42. The number of halogens is 1. The smallest absolute Gasteiger partial charge is 0.0447 e. The van der Waals surface area contributed by atoms with Crippen LogP contribution in [0.3, 0.4) is 0 Å². The van der Waals surface area contributed by atoms with Gasteiger partial charge in [-0.2, -0.15) is 0 Å². The highest BCUT2D eigenvalue weighted by Crippen LogP contribution is 2.57. The van der Waals surface area contributed by atoms with Gasteiger partial charge in [0.05, 0.1) is 0 Å². The second kappa shape index (κ2) is 4.65. The van der Waals surface area contributed by atoms with Gasteiger partial charge in [0.15, 0.2) is 0 Å². The molecule has 3 aliphatic carbocycles. The van der Waals surface area contributed by atoms with Crippen LogP contribution in [0.5, 0.6) is 0 Å². The molecule has 2 bridgehead atoms. The zero-order valence-corrected chi connectivity index (χ0v) is 10.9. The molecule has 88 valence electrons. The molecule has 3 rings (SSSR count). The fraction of sp³-hybridized carbons (Fsp3) is 1.00. The molecular formula is C14H25Cl. The van der Waals surface area contributed by atoms with Gasteiger partial charge in [-0.1, -0.05) is 32.6 Å². The predicted molar refractivity (Wildman–Crippen MR) is 67.5 cm³/mol. The van der Waals surface area contributed by atoms with E-state index in [1.54, 1.807) is 0 Å². The van der Waals surface area contributed by atoms with E-state index in [2.05, 4.69) is 6.92 Å². The minimum absolute atomic E-state index is 0.227. The van der Waals surface area contributed by atoms with E-state index in [1.807, 2.05) is 0 Å². The molecule has 0 aromatic rings. The Morgan fingerprint density at radius 2 is 1.47 bits per heavy atom. The number of fused-ring (bicyclic) bond motifs is 3. The maximum absolute atomic E-state index is 6.54. The van der Waals surface area contributed by atoms with E-state index in [1.165, 1.54) is 70.6 Å². The van der Waals surface area contributed by atoms with Gasteiger partial charge in [0.1, 0.15) is 0 Å². The van der Waals surface area contributed by atoms with Crippen LogP contribution in [-0.2, 0) is 0 Å². The summed E-state index contributed by atoms with van der Waals surface area (Å²) in [5.41, 5.74) is 0.727. The molecule has 0 amide bonds. The third-order valence-electron chi connectivity index (χ3n) is 4.87. The third-order valence-corrected chi connectivity index (χ3v) is 5.44. The van der Waals surface area contributed by atoms with E-state index < -0.39 is 0 Å². The van der Waals surface area contributed by atoms with Crippen molar-refractivity contribution in [3.63, 3.8) is 0 Å². The number of alkyl halides is 1. The molecule has 0 aliphatic heterocycles. The second-order valence-corrected chi connectivity index (χ2v) is 6.76. The monoisotopic (exact) mass is 228 g/mol. The largest absolute Gasteiger partial charge is 0.119 e. The van der Waals surface area contributed by atoms with Crippen LogP contribution in [0.2, 0.25) is 0 Å². The van der Waals surface area contributed by atoms with Crippen molar-refractivity contribution in [1.29, 1.82) is 0 Å². The van der Waals surface area contributed by atoms with Crippen LogP contribution in [0.15, 0.2) is 0 Å². The molecule has 3 aliphatic rings. The average Bonchev–Trinajstić information content (AvgIpc) is 2.27. The van der Waals surface area contributed by atoms with Crippen molar-refractivity contribution in [2.75, 3.05) is 0 Å². The second-order valence-electron chi connectivity index (χ2n) is 5.96. The highest BCUT2D eigenvalue weighted by Gasteiger charge is 2.46. The van der Waals surface area contributed by atoms with Gasteiger partial charge in [-0.05, 0) is 50.4 Å². The SMILES string of the molecule is CCCCCCC12CCC(Cl)(CC1)CC2. The first-order valence-corrected chi connectivity index (χ1v) is 7.25. The van der Waals surface area contributed by atoms with Gasteiger partial charge in [-0.25, -0.2) is 0 Å². The molecular weight excluding hydrogens is 204 g/mol. The first-order chi connectivity index (χ1) is 7.18. The molecule has 0 nitrogen and oxygen atoms in total. The molecule has 1 heteroatoms. The summed E-state index contributed by atoms with van der Waals surface area (Å²) in [6.45, 7) is 2.29. The van der Waals surface area contributed by atoms with Crippen LogP contribution in [0.4, 0.5) is 0 Å². The van der Waals surface area contributed by atoms with E-state index in [-0.39, 0.29) is 4.87 Å². The lowest BCUT2D eigenvalue weighted by Gasteiger charge is -2.51. The fourth-order valence-corrected chi connectivity index (χ4v) is 3.80. The fourth-order valence-electron chi connectivity index (χ4n) is 3.52. The maximum Gasteiger partial charge on any atom is 0.0447 e. The summed E-state index contributed by atoms with van der Waals surface area (Å²) in [6, 6.07) is 0. The molecule has 0 saturated heterocycles. The summed E-state index contributed by atoms with van der Waals surface area (Å²) < 4.78 is 0. The third kappa shape index (κ3) is 2.70. The van der Waals surface area contributed by atoms with Crippen molar-refractivity contribution >= 4 is 11.6 Å². The van der Waals surface area contributed by atoms with E-state index in [0.717, 1.165) is 5.41 Å². The van der Waals surface area contributed by atoms with Gasteiger partial charge < -0.3 is 0 Å². The molecule has 0 aromatic carbocycles. The Labute approximate surface area is 99.8 Å². The van der Waals surface area contributed by atoms with Gasteiger partial charge in [0.25, 0.3) is 0 Å². The van der Waals surface area contributed by atoms with E-state index in [0.29, 0.717) is 0 Å². The van der Waals surface area contributed by atoms with E-state index in [4.69, 9.17) is 11.6 Å². The number of hydrogen-bond donors (Lipinski definition) is 0. The summed E-state index contributed by atoms with van der Waals surface area (Å²) in [6.07, 6.45) is 15.3. The normalized spacial score (nSPS) is 39.6. The van der Waals surface area contributed by atoms with Crippen LogP contribution >= 0.6 is 11.6 Å². The summed E-state index contributed by atoms with van der Waals surface area (Å²) in [4.78, 5) is 0.227. The summed E-state index contributed by atoms with van der Waals surface area (Å²) >= 11 is 6.54. The highest BCUT2D eigenvalue weighted by molar-refractivity contribution is 6.24. The quantitative estimate of drug-likeness (QED) is 0.443. The van der Waals surface area contributed by atoms with Crippen LogP contribution in [0.25, 0.3) is 0 Å². The van der Waals surface area contributed by atoms with E-state index in [9.17, 15) is 0 Å². The molecule has 3 saturated carbocycles. The molecule has 0 radical (unpaired) electrons. The summed E-state index contributed by atoms with van der Waals surface area (Å²) in [7, 11) is 0. The maximum atomic E-state index is 6.54. The summed E-state index contributed by atoms with van der Waals surface area (Å²) in [5, 5.41) is 0. The standard InChI is InChI=1S/C14H25Cl/c1-2-3-4-5-6-13-7-10-14(15,11-8-13)12-9-13/h2-12H2,1H3. The lowest BCUT2D eigenvalue weighted by molar-refractivity contribution is 0.0675. The first kappa shape index (κ1) is 11.8. The Morgan fingerprint density at radius 3 is 2.00 bits per heavy atom. The Bertz CT molecular complexity index is 185. The van der Waals surface area contributed by atoms with Crippen molar-refractivity contribution in [3.8, 4) is 0 Å². The Morgan fingerprint density at radius 1 is 0.867 bits per heavy atom. The molecule has 0 heterocycles. The average molecular weight is 229 g/mol. The Kier molecular flexibility index (Phi) is 3.65. The number of hydrogen-bond acceptors (Lipinski definition) is 0. The van der Waals surface area contributed by atoms with E-state index >= 15 is 0 Å². The van der Waals surface area contributed by atoms with Crippen molar-refractivity contribution in [2.24, 2.45) is 5.41 Å². The van der Waals surface area contributed by atoms with Crippen molar-refractivity contribution < 1.29 is 0 Å². The van der Waals surface area contributed by atoms with Crippen molar-refractivity contribution in [3.05, 3.63) is 0 Å². The molecule has 0 N–H and O–H groups in total. The summed E-state index contributed by atoms with van der Waals surface area (Å²) in [5.74, 6) is 0. The number of rotatable bonds is 5. The minimum Gasteiger partial charge on any atom is -0.119 e.